The van der Waals surface area contributed by atoms with E-state index < -0.39 is 5.82 Å². The highest BCUT2D eigenvalue weighted by Crippen LogP contribution is 2.25. The van der Waals surface area contributed by atoms with Crippen LogP contribution < -0.4 is 10.1 Å². The van der Waals surface area contributed by atoms with Crippen LogP contribution in [-0.4, -0.2) is 24.6 Å². The first-order valence-corrected chi connectivity index (χ1v) is 9.44. The minimum Gasteiger partial charge on any atom is -0.496 e. The molecule has 0 aliphatic heterocycles. The molecule has 2 aromatic carbocycles. The zero-order chi connectivity index (χ0) is 19.1. The first-order chi connectivity index (χ1) is 12.4. The van der Waals surface area contributed by atoms with Crippen molar-refractivity contribution < 1.29 is 18.7 Å². The largest absolute Gasteiger partial charge is 0.496 e. The smallest absolute Gasteiger partial charge is 0.225 e. The molecule has 1 amide bonds. The zero-order valence-electron chi connectivity index (χ0n) is 14.5. The first-order valence-electron chi connectivity index (χ1n) is 7.91. The van der Waals surface area contributed by atoms with Crippen LogP contribution in [0.5, 0.6) is 5.75 Å². The standard InChI is InChI=1S/C19H19ClFNO3S/c1-12(23)13-3-6-18(25-2)14(9-13)11-26-8-7-19(24)22-17-5-4-15(20)10-16(17)21/h3-6,9-10H,7-8,11H2,1-2H3,(H,22,24). The molecule has 0 bridgehead atoms. The Labute approximate surface area is 161 Å². The number of halogens is 2. The lowest BCUT2D eigenvalue weighted by Crippen LogP contribution is -2.13. The molecule has 2 rings (SSSR count). The Bertz CT molecular complexity index is 813. The number of nitrogens with one attached hydrogen (secondary N) is 1. The van der Waals surface area contributed by atoms with Gasteiger partial charge in [-0.1, -0.05) is 11.6 Å². The maximum atomic E-state index is 13.7. The Morgan fingerprint density at radius 1 is 1.23 bits per heavy atom. The molecule has 0 aliphatic carbocycles. The molecule has 1 N–H and O–H groups in total. The van der Waals surface area contributed by atoms with E-state index in [0.29, 0.717) is 22.8 Å². The third-order valence-corrected chi connectivity index (χ3v) is 4.87. The van der Waals surface area contributed by atoms with Gasteiger partial charge in [0.15, 0.2) is 5.78 Å². The molecule has 7 heteroatoms. The van der Waals surface area contributed by atoms with Gasteiger partial charge in [-0.3, -0.25) is 9.59 Å². The monoisotopic (exact) mass is 395 g/mol. The van der Waals surface area contributed by atoms with E-state index in [1.54, 1.807) is 25.3 Å². The fourth-order valence-electron chi connectivity index (χ4n) is 2.26. The van der Waals surface area contributed by atoms with Crippen molar-refractivity contribution in [2.75, 3.05) is 18.2 Å². The van der Waals surface area contributed by atoms with E-state index in [0.717, 1.165) is 11.6 Å². The molecule has 0 aromatic heterocycles. The Morgan fingerprint density at radius 3 is 2.65 bits per heavy atom. The molecular weight excluding hydrogens is 377 g/mol. The number of carbonyl (C=O) groups is 2. The van der Waals surface area contributed by atoms with Gasteiger partial charge < -0.3 is 10.1 Å². The molecule has 0 spiro atoms. The summed E-state index contributed by atoms with van der Waals surface area (Å²) in [4.78, 5) is 23.4. The van der Waals surface area contributed by atoms with Crippen LogP contribution in [0.1, 0.15) is 29.3 Å². The van der Waals surface area contributed by atoms with Crippen molar-refractivity contribution in [3.05, 3.63) is 58.4 Å². The van der Waals surface area contributed by atoms with Crippen LogP contribution in [0.15, 0.2) is 36.4 Å². The van der Waals surface area contributed by atoms with Crippen molar-refractivity contribution in [3.63, 3.8) is 0 Å². The maximum absolute atomic E-state index is 13.7. The van der Waals surface area contributed by atoms with E-state index in [2.05, 4.69) is 5.32 Å². The topological polar surface area (TPSA) is 55.4 Å². The van der Waals surface area contributed by atoms with Gasteiger partial charge in [-0.2, -0.15) is 11.8 Å². The Kier molecular flexibility index (Phi) is 7.48. The SMILES string of the molecule is COc1ccc(C(C)=O)cc1CSCCC(=O)Nc1ccc(Cl)cc1F. The lowest BCUT2D eigenvalue weighted by atomic mass is 10.1. The number of ether oxygens (including phenoxy) is 1. The highest BCUT2D eigenvalue weighted by atomic mass is 35.5. The average molecular weight is 396 g/mol. The van der Waals surface area contributed by atoms with Crippen molar-refractivity contribution >= 4 is 40.7 Å². The lowest BCUT2D eigenvalue weighted by molar-refractivity contribution is -0.115. The molecule has 0 fully saturated rings. The van der Waals surface area contributed by atoms with Crippen molar-refractivity contribution in [3.8, 4) is 5.75 Å². The predicted molar refractivity (Wildman–Crippen MR) is 104 cm³/mol. The number of methoxy groups -OCH3 is 1. The van der Waals surface area contributed by atoms with Crippen LogP contribution in [0.2, 0.25) is 5.02 Å². The number of ketones is 1. The van der Waals surface area contributed by atoms with E-state index in [4.69, 9.17) is 16.3 Å². The molecule has 4 nitrogen and oxygen atoms in total. The van der Waals surface area contributed by atoms with Crippen LogP contribution >= 0.6 is 23.4 Å². The number of rotatable bonds is 8. The van der Waals surface area contributed by atoms with E-state index in [1.807, 2.05) is 0 Å². The number of Topliss-reactive ketones (excluding diaryl/α,β-unsaturated/α-hetero) is 1. The van der Waals surface area contributed by atoms with Crippen LogP contribution in [0.25, 0.3) is 0 Å². The molecular formula is C19H19ClFNO3S. The fourth-order valence-corrected chi connectivity index (χ4v) is 3.34. The summed E-state index contributed by atoms with van der Waals surface area (Å²) in [5.74, 6) is 1.01. The number of thioether (sulfide) groups is 1. The van der Waals surface area contributed by atoms with Crippen molar-refractivity contribution in [2.45, 2.75) is 19.1 Å². The van der Waals surface area contributed by atoms with Crippen LogP contribution in [-0.2, 0) is 10.5 Å². The number of hydrogen-bond donors (Lipinski definition) is 1. The Morgan fingerprint density at radius 2 is 2.00 bits per heavy atom. The summed E-state index contributed by atoms with van der Waals surface area (Å²) in [6.07, 6.45) is 0.238. The number of hydrogen-bond acceptors (Lipinski definition) is 4. The van der Waals surface area contributed by atoms with E-state index in [-0.39, 0.29) is 28.8 Å². The molecule has 0 heterocycles. The second kappa shape index (κ2) is 9.59. The van der Waals surface area contributed by atoms with Gasteiger partial charge in [-0.25, -0.2) is 4.39 Å². The third-order valence-electron chi connectivity index (χ3n) is 3.62. The molecule has 0 saturated carbocycles. The van der Waals surface area contributed by atoms with E-state index in [9.17, 15) is 14.0 Å². The van der Waals surface area contributed by atoms with E-state index >= 15 is 0 Å². The summed E-state index contributed by atoms with van der Waals surface area (Å²) in [5, 5.41) is 2.80. The summed E-state index contributed by atoms with van der Waals surface area (Å²) in [7, 11) is 1.57. The Balaban J connectivity index is 1.85. The van der Waals surface area contributed by atoms with Crippen LogP contribution in [0.3, 0.4) is 0 Å². The first kappa shape index (κ1) is 20.3. The van der Waals surface area contributed by atoms with Gasteiger partial charge in [0.1, 0.15) is 11.6 Å². The van der Waals surface area contributed by atoms with Crippen molar-refractivity contribution in [1.29, 1.82) is 0 Å². The quantitative estimate of drug-likeness (QED) is 0.507. The second-order valence-corrected chi connectivity index (χ2v) is 7.10. The summed E-state index contributed by atoms with van der Waals surface area (Å²) in [6.45, 7) is 1.51. The fraction of sp³-hybridized carbons (Fsp3) is 0.263. The number of carbonyl (C=O) groups excluding carboxylic acids is 2. The second-order valence-electron chi connectivity index (χ2n) is 5.56. The molecule has 0 unspecified atom stereocenters. The Hall–Kier alpha value is -2.05. The molecule has 0 aliphatic rings. The van der Waals surface area contributed by atoms with Gasteiger partial charge in [0.2, 0.25) is 5.91 Å². The van der Waals surface area contributed by atoms with Gasteiger partial charge in [0.05, 0.1) is 12.8 Å². The predicted octanol–water partition coefficient (Wildman–Crippen LogP) is 4.95. The van der Waals surface area contributed by atoms with Gasteiger partial charge in [0, 0.05) is 34.1 Å². The van der Waals surface area contributed by atoms with Gasteiger partial charge in [-0.05, 0) is 43.3 Å². The summed E-state index contributed by atoms with van der Waals surface area (Å²) >= 11 is 7.22. The minimum absolute atomic E-state index is 0.0109. The average Bonchev–Trinajstić information content (AvgIpc) is 2.61. The number of anilines is 1. The van der Waals surface area contributed by atoms with Crippen molar-refractivity contribution in [1.82, 2.24) is 0 Å². The summed E-state index contributed by atoms with van der Waals surface area (Å²) in [6, 6.07) is 9.40. The highest BCUT2D eigenvalue weighted by molar-refractivity contribution is 7.98. The molecule has 2 aromatic rings. The molecule has 0 radical (unpaired) electrons. The molecule has 26 heavy (non-hydrogen) atoms. The van der Waals surface area contributed by atoms with Crippen LogP contribution in [0.4, 0.5) is 10.1 Å². The minimum atomic E-state index is -0.565. The zero-order valence-corrected chi connectivity index (χ0v) is 16.0. The van der Waals surface area contributed by atoms with Crippen molar-refractivity contribution in [2.24, 2.45) is 0 Å². The van der Waals surface area contributed by atoms with Gasteiger partial charge >= 0.3 is 0 Å². The number of benzene rings is 2. The summed E-state index contributed by atoms with van der Waals surface area (Å²) < 4.78 is 19.0. The maximum Gasteiger partial charge on any atom is 0.225 e. The highest BCUT2D eigenvalue weighted by Gasteiger charge is 2.10. The van der Waals surface area contributed by atoms with Gasteiger partial charge in [-0.15, -0.1) is 0 Å². The summed E-state index contributed by atoms with van der Waals surface area (Å²) in [5.41, 5.74) is 1.63. The van der Waals surface area contributed by atoms with E-state index in [1.165, 1.54) is 30.8 Å². The number of amides is 1. The molecule has 138 valence electrons. The normalized spacial score (nSPS) is 10.5. The van der Waals surface area contributed by atoms with Gasteiger partial charge in [0.25, 0.3) is 0 Å². The van der Waals surface area contributed by atoms with Crippen LogP contribution in [0, 0.1) is 5.82 Å². The lowest BCUT2D eigenvalue weighted by Gasteiger charge is -2.10. The molecule has 0 saturated heterocycles. The molecule has 0 atom stereocenters. The third kappa shape index (κ3) is 5.75.